The number of rotatable bonds is 2. The molecular weight excluding hydrogens is 389 g/mol. The summed E-state index contributed by atoms with van der Waals surface area (Å²) in [6.07, 6.45) is 1.58. The average molecular weight is 397 g/mol. The molecule has 22 heavy (non-hydrogen) atoms. The molecule has 0 radical (unpaired) electrons. The Kier molecular flexibility index (Phi) is 4.34. The minimum absolute atomic E-state index is 0.196. The summed E-state index contributed by atoms with van der Waals surface area (Å²) in [5, 5.41) is 0.972. The molecule has 0 amide bonds. The number of aliphatic imine (C=N–C) groups is 1. The zero-order valence-corrected chi connectivity index (χ0v) is 14.1. The van der Waals surface area contributed by atoms with Crippen LogP contribution in [0.25, 0.3) is 6.08 Å². The molecule has 6 heteroatoms. The van der Waals surface area contributed by atoms with Crippen molar-refractivity contribution < 1.29 is 9.53 Å². The number of hydrogen-bond acceptors (Lipinski definition) is 3. The molecule has 0 bridgehead atoms. The van der Waals surface area contributed by atoms with Crippen molar-refractivity contribution in [3.63, 3.8) is 0 Å². The first-order valence-corrected chi connectivity index (χ1v) is 7.81. The van der Waals surface area contributed by atoms with E-state index in [1.165, 1.54) is 0 Å². The van der Waals surface area contributed by atoms with Crippen LogP contribution >= 0.6 is 39.1 Å². The third kappa shape index (κ3) is 3.24. The summed E-state index contributed by atoms with van der Waals surface area (Å²) >= 11 is 15.3. The van der Waals surface area contributed by atoms with Gasteiger partial charge in [-0.1, -0.05) is 45.2 Å². The second kappa shape index (κ2) is 6.24. The van der Waals surface area contributed by atoms with Crippen LogP contribution in [-0.4, -0.2) is 11.9 Å². The molecule has 1 heterocycles. The number of cyclic esters (lactones) is 1. The monoisotopic (exact) mass is 395 g/mol. The summed E-state index contributed by atoms with van der Waals surface area (Å²) in [6, 6.07) is 12.3. The summed E-state index contributed by atoms with van der Waals surface area (Å²) in [5.41, 5.74) is 1.57. The lowest BCUT2D eigenvalue weighted by atomic mass is 10.2. The summed E-state index contributed by atoms with van der Waals surface area (Å²) in [4.78, 5) is 16.2. The van der Waals surface area contributed by atoms with E-state index in [0.29, 0.717) is 15.6 Å². The Bertz CT molecular complexity index is 813. The maximum Gasteiger partial charge on any atom is 0.363 e. The predicted octanol–water partition coefficient (Wildman–Crippen LogP) is 5.10. The Labute approximate surface area is 145 Å². The van der Waals surface area contributed by atoms with Gasteiger partial charge in [-0.15, -0.1) is 0 Å². The Hall–Kier alpha value is -1.62. The van der Waals surface area contributed by atoms with Crippen molar-refractivity contribution in [3.8, 4) is 0 Å². The van der Waals surface area contributed by atoms with Gasteiger partial charge in [0.05, 0.1) is 0 Å². The van der Waals surface area contributed by atoms with Crippen LogP contribution in [0.3, 0.4) is 0 Å². The molecule has 110 valence electrons. The summed E-state index contributed by atoms with van der Waals surface area (Å²) in [5.74, 6) is -0.238. The van der Waals surface area contributed by atoms with E-state index in [4.69, 9.17) is 27.9 Å². The fourth-order valence-corrected chi connectivity index (χ4v) is 2.62. The molecule has 3 rings (SSSR count). The van der Waals surface area contributed by atoms with Gasteiger partial charge in [-0.2, -0.15) is 0 Å². The van der Waals surface area contributed by atoms with Crippen molar-refractivity contribution in [2.75, 3.05) is 0 Å². The van der Waals surface area contributed by atoms with Crippen LogP contribution in [0.4, 0.5) is 0 Å². The van der Waals surface area contributed by atoms with E-state index >= 15 is 0 Å². The number of nitrogens with zero attached hydrogens (tertiary/aromatic N) is 1. The van der Waals surface area contributed by atoms with Gasteiger partial charge >= 0.3 is 5.97 Å². The number of hydrogen-bond donors (Lipinski definition) is 0. The average Bonchev–Trinajstić information content (AvgIpc) is 2.84. The molecular formula is C16H8BrCl2NO2. The van der Waals surface area contributed by atoms with E-state index in [-0.39, 0.29) is 11.6 Å². The summed E-state index contributed by atoms with van der Waals surface area (Å²) in [6.45, 7) is 0. The molecule has 0 aromatic heterocycles. The van der Waals surface area contributed by atoms with Crippen molar-refractivity contribution in [1.82, 2.24) is 0 Å². The lowest BCUT2D eigenvalue weighted by molar-refractivity contribution is -0.129. The van der Waals surface area contributed by atoms with E-state index < -0.39 is 5.97 Å². The minimum atomic E-state index is -0.510. The van der Waals surface area contributed by atoms with Gasteiger partial charge in [0.1, 0.15) is 0 Å². The standard InChI is InChI=1S/C16H8BrCl2NO2/c17-11-4-1-9(2-5-11)15-20-14(16(21)22-15)7-10-3-6-12(18)8-13(10)19/h1-8H/b14-7+. The van der Waals surface area contributed by atoms with Gasteiger partial charge in [-0.3, -0.25) is 0 Å². The zero-order valence-electron chi connectivity index (χ0n) is 11.0. The highest BCUT2D eigenvalue weighted by Gasteiger charge is 2.24. The van der Waals surface area contributed by atoms with Crippen LogP contribution in [0.2, 0.25) is 10.0 Å². The lowest BCUT2D eigenvalue weighted by Crippen LogP contribution is -2.05. The first kappa shape index (κ1) is 15.3. The molecule has 1 aliphatic rings. The van der Waals surface area contributed by atoms with Gasteiger partial charge in [0.2, 0.25) is 5.90 Å². The fourth-order valence-electron chi connectivity index (χ4n) is 1.89. The Balaban J connectivity index is 1.95. The first-order chi connectivity index (χ1) is 10.5. The molecule has 0 saturated carbocycles. The van der Waals surface area contributed by atoms with Gasteiger partial charge in [0.25, 0.3) is 0 Å². The van der Waals surface area contributed by atoms with Crippen LogP contribution < -0.4 is 0 Å². The lowest BCUT2D eigenvalue weighted by Gasteiger charge is -1.99. The molecule has 0 aliphatic carbocycles. The van der Waals surface area contributed by atoms with Crippen LogP contribution in [0.1, 0.15) is 11.1 Å². The fraction of sp³-hybridized carbons (Fsp3) is 0. The highest BCUT2D eigenvalue weighted by atomic mass is 79.9. The number of carbonyl (C=O) groups is 1. The molecule has 2 aromatic carbocycles. The molecule has 1 aliphatic heterocycles. The topological polar surface area (TPSA) is 38.7 Å². The SMILES string of the molecule is O=C1OC(c2ccc(Br)cc2)=N/C1=C/c1ccc(Cl)cc1Cl. The molecule has 0 atom stereocenters. The molecule has 0 spiro atoms. The van der Waals surface area contributed by atoms with Gasteiger partial charge in [0.15, 0.2) is 5.70 Å². The number of esters is 1. The number of ether oxygens (including phenoxy) is 1. The third-order valence-corrected chi connectivity index (χ3v) is 4.06. The van der Waals surface area contributed by atoms with Crippen molar-refractivity contribution >= 4 is 57.1 Å². The van der Waals surface area contributed by atoms with E-state index in [0.717, 1.165) is 10.0 Å². The van der Waals surface area contributed by atoms with Gasteiger partial charge < -0.3 is 4.74 Å². The van der Waals surface area contributed by atoms with Gasteiger partial charge in [-0.25, -0.2) is 9.79 Å². The van der Waals surface area contributed by atoms with Crippen molar-refractivity contribution in [1.29, 1.82) is 0 Å². The zero-order chi connectivity index (χ0) is 15.7. The van der Waals surface area contributed by atoms with E-state index in [2.05, 4.69) is 20.9 Å². The molecule has 3 nitrogen and oxygen atoms in total. The quantitative estimate of drug-likeness (QED) is 0.523. The molecule has 0 fully saturated rings. The van der Waals surface area contributed by atoms with Gasteiger partial charge in [-0.05, 0) is 48.0 Å². The number of benzene rings is 2. The van der Waals surface area contributed by atoms with E-state index in [1.54, 1.807) is 24.3 Å². The van der Waals surface area contributed by atoms with Crippen LogP contribution in [0.15, 0.2) is 57.6 Å². The van der Waals surface area contributed by atoms with E-state index in [9.17, 15) is 4.79 Å². The first-order valence-electron chi connectivity index (χ1n) is 6.26. The molecule has 0 unspecified atom stereocenters. The van der Waals surface area contributed by atoms with Crippen molar-refractivity contribution in [2.45, 2.75) is 0 Å². The molecule has 2 aromatic rings. The minimum Gasteiger partial charge on any atom is -0.402 e. The third-order valence-electron chi connectivity index (χ3n) is 2.97. The molecule has 0 N–H and O–H groups in total. The normalized spacial score (nSPS) is 15.9. The number of carbonyl (C=O) groups excluding carboxylic acids is 1. The molecule has 0 saturated heterocycles. The van der Waals surface area contributed by atoms with Crippen LogP contribution in [0.5, 0.6) is 0 Å². The van der Waals surface area contributed by atoms with Crippen LogP contribution in [-0.2, 0) is 9.53 Å². The van der Waals surface area contributed by atoms with Crippen molar-refractivity contribution in [3.05, 3.63) is 73.8 Å². The second-order valence-electron chi connectivity index (χ2n) is 4.51. The predicted molar refractivity (Wildman–Crippen MR) is 91.2 cm³/mol. The van der Waals surface area contributed by atoms with Crippen molar-refractivity contribution in [2.24, 2.45) is 4.99 Å². The number of halogens is 3. The highest BCUT2D eigenvalue weighted by Crippen LogP contribution is 2.26. The maximum absolute atomic E-state index is 11.9. The largest absolute Gasteiger partial charge is 0.402 e. The Morgan fingerprint density at radius 3 is 2.50 bits per heavy atom. The highest BCUT2D eigenvalue weighted by molar-refractivity contribution is 9.10. The maximum atomic E-state index is 11.9. The second-order valence-corrected chi connectivity index (χ2v) is 6.27. The Morgan fingerprint density at radius 2 is 1.82 bits per heavy atom. The summed E-state index contributed by atoms with van der Waals surface area (Å²) in [7, 11) is 0. The smallest absolute Gasteiger partial charge is 0.363 e. The van der Waals surface area contributed by atoms with E-state index in [1.807, 2.05) is 24.3 Å². The van der Waals surface area contributed by atoms with Gasteiger partial charge in [0, 0.05) is 20.1 Å². The Morgan fingerprint density at radius 1 is 1.09 bits per heavy atom. The van der Waals surface area contributed by atoms with Crippen LogP contribution in [0, 0.1) is 0 Å². The summed E-state index contributed by atoms with van der Waals surface area (Å²) < 4.78 is 6.13.